The first-order valence-electron chi connectivity index (χ1n) is 14.5. The molecule has 10 heteroatoms. The summed E-state index contributed by atoms with van der Waals surface area (Å²) in [5.41, 5.74) is 4.65. The Morgan fingerprint density at radius 3 is 2.45 bits per heavy atom. The number of likely N-dealkylation sites (tertiary alicyclic amines) is 1. The van der Waals surface area contributed by atoms with Gasteiger partial charge in [-0.3, -0.25) is 4.79 Å². The number of furan rings is 1. The van der Waals surface area contributed by atoms with Crippen LogP contribution in [0.25, 0.3) is 17.2 Å². The smallest absolute Gasteiger partial charge is 0.344 e. The minimum Gasteiger partial charge on any atom is -0.493 e. The molecule has 1 saturated heterocycles. The van der Waals surface area contributed by atoms with Crippen LogP contribution in [-0.4, -0.2) is 63.8 Å². The molecule has 1 aromatic heterocycles. The van der Waals surface area contributed by atoms with Crippen LogP contribution in [0, 0.1) is 5.82 Å². The molecule has 9 nitrogen and oxygen atoms in total. The Kier molecular flexibility index (Phi) is 9.69. The predicted octanol–water partition coefficient (Wildman–Crippen LogP) is 5.49. The molecule has 0 spiro atoms. The van der Waals surface area contributed by atoms with Crippen molar-refractivity contribution in [3.05, 3.63) is 82.6 Å². The molecule has 44 heavy (non-hydrogen) atoms. The van der Waals surface area contributed by atoms with E-state index in [1.165, 1.54) is 26.4 Å². The maximum Gasteiger partial charge on any atom is 0.344 e. The fourth-order valence-corrected chi connectivity index (χ4v) is 5.55. The molecular formula is C34H37FN2O7. The summed E-state index contributed by atoms with van der Waals surface area (Å²) in [4.78, 5) is 27.6. The van der Waals surface area contributed by atoms with Gasteiger partial charge in [-0.25, -0.2) is 9.18 Å². The lowest BCUT2D eigenvalue weighted by molar-refractivity contribution is -0.153. The molecule has 1 aliphatic carbocycles. The van der Waals surface area contributed by atoms with Crippen molar-refractivity contribution >= 4 is 29.1 Å². The predicted molar refractivity (Wildman–Crippen MR) is 164 cm³/mol. The number of rotatable bonds is 11. The van der Waals surface area contributed by atoms with E-state index >= 15 is 0 Å². The fraction of sp³-hybridized carbons (Fsp3) is 0.353. The van der Waals surface area contributed by atoms with E-state index in [0.717, 1.165) is 53.8 Å². The van der Waals surface area contributed by atoms with Crippen molar-refractivity contribution in [2.75, 3.05) is 41.0 Å². The number of hydrogen-bond acceptors (Lipinski definition) is 8. The van der Waals surface area contributed by atoms with Crippen LogP contribution in [-0.2, 0) is 20.9 Å². The zero-order chi connectivity index (χ0) is 31.2. The van der Waals surface area contributed by atoms with Crippen molar-refractivity contribution < 1.29 is 37.3 Å². The van der Waals surface area contributed by atoms with E-state index in [9.17, 15) is 14.0 Å². The van der Waals surface area contributed by atoms with Crippen molar-refractivity contribution in [2.45, 2.75) is 38.8 Å². The molecule has 2 aliphatic rings. The van der Waals surface area contributed by atoms with Crippen LogP contribution >= 0.6 is 0 Å². The lowest BCUT2D eigenvalue weighted by atomic mass is 10.00. The normalized spacial score (nSPS) is 16.2. The van der Waals surface area contributed by atoms with Crippen molar-refractivity contribution in [3.8, 4) is 17.2 Å². The Bertz CT molecular complexity index is 1550. The SMILES string of the molecule is COc1cc(/C=C2/C(C)=C(CC(=O)NCc3ccco3)c3cc(F)ccc32)cc(OC)c1OCC(=O)OC1CCN(C)CC1. The van der Waals surface area contributed by atoms with Crippen molar-refractivity contribution in [2.24, 2.45) is 0 Å². The lowest BCUT2D eigenvalue weighted by Crippen LogP contribution is -2.36. The molecule has 1 amide bonds. The molecule has 1 aliphatic heterocycles. The summed E-state index contributed by atoms with van der Waals surface area (Å²) < 4.78 is 42.3. The molecule has 2 heterocycles. The number of carbonyl (C=O) groups excluding carboxylic acids is 2. The van der Waals surface area contributed by atoms with Crippen molar-refractivity contribution in [3.63, 3.8) is 0 Å². The van der Waals surface area contributed by atoms with Gasteiger partial charge in [0.2, 0.25) is 11.7 Å². The number of nitrogens with zero attached hydrogens (tertiary/aromatic N) is 1. The number of hydrogen-bond donors (Lipinski definition) is 1. The average molecular weight is 605 g/mol. The topological polar surface area (TPSA) is 99.5 Å². The highest BCUT2D eigenvalue weighted by atomic mass is 19.1. The molecule has 0 atom stereocenters. The molecule has 0 unspecified atom stereocenters. The van der Waals surface area contributed by atoms with Crippen LogP contribution in [0.2, 0.25) is 0 Å². The zero-order valence-corrected chi connectivity index (χ0v) is 25.4. The number of carbonyl (C=O) groups is 2. The second-order valence-electron chi connectivity index (χ2n) is 10.9. The van der Waals surface area contributed by atoms with Gasteiger partial charge in [-0.2, -0.15) is 0 Å². The molecule has 0 saturated carbocycles. The van der Waals surface area contributed by atoms with Crippen LogP contribution in [0.1, 0.15) is 48.6 Å². The third-order valence-electron chi connectivity index (χ3n) is 7.92. The third kappa shape index (κ3) is 7.14. The van der Waals surface area contributed by atoms with Gasteiger partial charge in [0.1, 0.15) is 17.7 Å². The number of fused-ring (bicyclic) bond motifs is 1. The van der Waals surface area contributed by atoms with E-state index in [1.54, 1.807) is 36.6 Å². The Morgan fingerprint density at radius 2 is 1.80 bits per heavy atom. The highest BCUT2D eigenvalue weighted by molar-refractivity contribution is 6.08. The average Bonchev–Trinajstić information content (AvgIpc) is 3.63. The second kappa shape index (κ2) is 13.8. The minimum absolute atomic E-state index is 0.0768. The molecule has 3 aromatic rings. The molecule has 0 bridgehead atoms. The molecular weight excluding hydrogens is 567 g/mol. The number of nitrogens with one attached hydrogen (secondary N) is 1. The molecule has 1 fully saturated rings. The summed E-state index contributed by atoms with van der Waals surface area (Å²) in [6.45, 7) is 3.66. The van der Waals surface area contributed by atoms with Crippen LogP contribution < -0.4 is 19.5 Å². The van der Waals surface area contributed by atoms with E-state index in [2.05, 4.69) is 10.2 Å². The molecule has 1 N–H and O–H groups in total. The van der Waals surface area contributed by atoms with Gasteiger partial charge in [0.25, 0.3) is 0 Å². The van der Waals surface area contributed by atoms with Crippen LogP contribution in [0.15, 0.2) is 58.7 Å². The number of methoxy groups -OCH3 is 2. The Morgan fingerprint density at radius 1 is 1.07 bits per heavy atom. The van der Waals surface area contributed by atoms with Crippen LogP contribution in [0.3, 0.4) is 0 Å². The number of allylic oxidation sites excluding steroid dienone is 2. The van der Waals surface area contributed by atoms with Gasteiger partial charge in [-0.05, 0) is 103 Å². The zero-order valence-electron chi connectivity index (χ0n) is 25.4. The number of esters is 1. The maximum absolute atomic E-state index is 14.4. The molecule has 5 rings (SSSR count). The second-order valence-corrected chi connectivity index (χ2v) is 10.9. The van der Waals surface area contributed by atoms with Gasteiger partial charge in [0.15, 0.2) is 18.1 Å². The van der Waals surface area contributed by atoms with Crippen molar-refractivity contribution in [1.29, 1.82) is 0 Å². The largest absolute Gasteiger partial charge is 0.493 e. The number of benzene rings is 2. The lowest BCUT2D eigenvalue weighted by Gasteiger charge is -2.28. The van der Waals surface area contributed by atoms with E-state index < -0.39 is 5.97 Å². The first kappa shape index (κ1) is 30.9. The van der Waals surface area contributed by atoms with Gasteiger partial charge in [0, 0.05) is 13.1 Å². The van der Waals surface area contributed by atoms with E-state index in [-0.39, 0.29) is 43.2 Å². The minimum atomic E-state index is -0.453. The quantitative estimate of drug-likeness (QED) is 0.287. The molecule has 232 valence electrons. The van der Waals surface area contributed by atoms with Gasteiger partial charge < -0.3 is 33.6 Å². The van der Waals surface area contributed by atoms with Gasteiger partial charge in [0.05, 0.1) is 33.4 Å². The Hall–Kier alpha value is -4.57. The summed E-state index contributed by atoms with van der Waals surface area (Å²) in [6.07, 6.45) is 5.02. The fourth-order valence-electron chi connectivity index (χ4n) is 5.55. The monoisotopic (exact) mass is 604 g/mol. The van der Waals surface area contributed by atoms with Gasteiger partial charge >= 0.3 is 5.97 Å². The number of piperidine rings is 1. The standard InChI is InChI=1S/C34H37FN2O7/c1-21-27(26-8-7-23(35)17-29(26)28(21)18-32(38)36-19-25-6-5-13-42-25)14-22-15-30(40-3)34(31(16-22)41-4)43-20-33(39)44-24-9-11-37(2)12-10-24/h5-8,13-17,24H,9-12,18-20H2,1-4H3,(H,36,38)/b27-14-. The Balaban J connectivity index is 1.36. The number of amides is 1. The Labute approximate surface area is 256 Å². The summed E-state index contributed by atoms with van der Waals surface area (Å²) in [7, 11) is 5.06. The van der Waals surface area contributed by atoms with E-state index in [4.69, 9.17) is 23.4 Å². The summed E-state index contributed by atoms with van der Waals surface area (Å²) in [6, 6.07) is 11.7. The maximum atomic E-state index is 14.4. The number of halogens is 1. The summed E-state index contributed by atoms with van der Waals surface area (Å²) in [5.74, 6) is 0.641. The molecule has 2 aromatic carbocycles. The van der Waals surface area contributed by atoms with E-state index in [0.29, 0.717) is 22.8 Å². The van der Waals surface area contributed by atoms with Gasteiger partial charge in [-0.1, -0.05) is 6.07 Å². The molecule has 0 radical (unpaired) electrons. The van der Waals surface area contributed by atoms with Crippen molar-refractivity contribution in [1.82, 2.24) is 10.2 Å². The summed E-state index contributed by atoms with van der Waals surface area (Å²) >= 11 is 0. The first-order chi connectivity index (χ1) is 21.2. The third-order valence-corrected chi connectivity index (χ3v) is 7.92. The highest BCUT2D eigenvalue weighted by Gasteiger charge is 2.27. The van der Waals surface area contributed by atoms with Gasteiger partial charge in [-0.15, -0.1) is 0 Å². The highest BCUT2D eigenvalue weighted by Crippen LogP contribution is 2.45. The van der Waals surface area contributed by atoms with Crippen LogP contribution in [0.5, 0.6) is 17.2 Å². The van der Waals surface area contributed by atoms with E-state index in [1.807, 2.05) is 20.0 Å². The number of ether oxygens (including phenoxy) is 4. The van der Waals surface area contributed by atoms with Crippen LogP contribution in [0.4, 0.5) is 4.39 Å². The first-order valence-corrected chi connectivity index (χ1v) is 14.5. The summed E-state index contributed by atoms with van der Waals surface area (Å²) in [5, 5.41) is 2.86.